The fourth-order valence-corrected chi connectivity index (χ4v) is 2.04. The van der Waals surface area contributed by atoms with E-state index in [4.69, 9.17) is 10.00 Å². The highest BCUT2D eigenvalue weighted by molar-refractivity contribution is 5.98. The first-order valence-electron chi connectivity index (χ1n) is 6.42. The minimum absolute atomic E-state index is 0.0526. The van der Waals surface area contributed by atoms with E-state index in [0.717, 1.165) is 17.5 Å². The van der Waals surface area contributed by atoms with Crippen LogP contribution < -0.4 is 4.74 Å². The van der Waals surface area contributed by atoms with Crippen molar-refractivity contribution in [3.05, 3.63) is 52.6 Å². The number of aromatic nitrogens is 1. The molecule has 0 aliphatic heterocycles. The predicted octanol–water partition coefficient (Wildman–Crippen LogP) is 2.91. The summed E-state index contributed by atoms with van der Waals surface area (Å²) in [6.45, 7) is 3.61. The van der Waals surface area contributed by atoms with Gasteiger partial charge in [0, 0.05) is 30.1 Å². The highest BCUT2D eigenvalue weighted by Crippen LogP contribution is 2.18. The van der Waals surface area contributed by atoms with Crippen LogP contribution in [0.4, 0.5) is 4.39 Å². The van der Waals surface area contributed by atoms with E-state index >= 15 is 0 Å². The summed E-state index contributed by atoms with van der Waals surface area (Å²) in [5, 5.41) is 8.65. The average molecular weight is 286 g/mol. The molecule has 0 atom stereocenters. The van der Waals surface area contributed by atoms with E-state index in [0.29, 0.717) is 5.56 Å². The van der Waals surface area contributed by atoms with E-state index in [1.165, 1.54) is 12.1 Å². The van der Waals surface area contributed by atoms with Crippen molar-refractivity contribution in [2.45, 2.75) is 13.8 Å². The van der Waals surface area contributed by atoms with Crippen LogP contribution in [0, 0.1) is 31.0 Å². The van der Waals surface area contributed by atoms with Crippen LogP contribution in [0.3, 0.4) is 0 Å². The molecule has 1 aromatic heterocycles. The molecule has 0 saturated heterocycles. The monoisotopic (exact) mass is 286 g/mol. The lowest BCUT2D eigenvalue weighted by atomic mass is 10.1. The van der Waals surface area contributed by atoms with E-state index < -0.39 is 5.82 Å². The summed E-state index contributed by atoms with van der Waals surface area (Å²) in [5.41, 5.74) is 2.40. The fraction of sp³-hybridized carbons (Fsp3) is 0.250. The zero-order valence-electron chi connectivity index (χ0n) is 12.1. The Kier molecular flexibility index (Phi) is 4.08. The number of rotatable bonds is 4. The molecule has 0 saturated carbocycles. The quantitative estimate of drug-likeness (QED) is 0.812. The van der Waals surface area contributed by atoms with Gasteiger partial charge in [0.1, 0.15) is 17.6 Å². The predicted molar refractivity (Wildman–Crippen MR) is 75.8 cm³/mol. The molecule has 2 aromatic rings. The molecule has 21 heavy (non-hydrogen) atoms. The number of nitrogens with zero attached hydrogens (tertiary/aromatic N) is 2. The van der Waals surface area contributed by atoms with Gasteiger partial charge in [-0.1, -0.05) is 0 Å². The van der Waals surface area contributed by atoms with E-state index in [1.807, 2.05) is 25.5 Å². The van der Waals surface area contributed by atoms with Gasteiger partial charge in [-0.2, -0.15) is 5.26 Å². The summed E-state index contributed by atoms with van der Waals surface area (Å²) in [5.74, 6) is -0.597. The molecule has 0 radical (unpaired) electrons. The number of hydrogen-bond acceptors (Lipinski definition) is 3. The summed E-state index contributed by atoms with van der Waals surface area (Å²) >= 11 is 0. The number of benzene rings is 1. The topological polar surface area (TPSA) is 55.0 Å². The number of carbonyl (C=O) groups excluding carboxylic acids is 1. The smallest absolute Gasteiger partial charge is 0.202 e. The van der Waals surface area contributed by atoms with Gasteiger partial charge in [-0.05, 0) is 32.0 Å². The van der Waals surface area contributed by atoms with Gasteiger partial charge in [0.2, 0.25) is 5.78 Å². The Morgan fingerprint density at radius 3 is 2.62 bits per heavy atom. The second-order valence-corrected chi connectivity index (χ2v) is 4.81. The maximum absolute atomic E-state index is 13.4. The molecule has 108 valence electrons. The minimum atomic E-state index is -0.658. The first kappa shape index (κ1) is 14.8. The summed E-state index contributed by atoms with van der Waals surface area (Å²) in [7, 11) is 1.89. The van der Waals surface area contributed by atoms with E-state index in [2.05, 4.69) is 0 Å². The first-order valence-corrected chi connectivity index (χ1v) is 6.42. The van der Waals surface area contributed by atoms with Gasteiger partial charge in [0.25, 0.3) is 0 Å². The van der Waals surface area contributed by atoms with Crippen LogP contribution in [0.5, 0.6) is 5.75 Å². The Bertz CT molecular complexity index is 741. The molecule has 1 aromatic carbocycles. The van der Waals surface area contributed by atoms with Crippen LogP contribution in [0.25, 0.3) is 0 Å². The number of Topliss-reactive ketones (excluding diaryl/α,β-unsaturated/α-hetero) is 1. The zero-order chi connectivity index (χ0) is 15.6. The molecule has 0 fully saturated rings. The number of carbonyl (C=O) groups is 1. The minimum Gasteiger partial charge on any atom is -0.485 e. The Morgan fingerprint density at radius 1 is 1.38 bits per heavy atom. The molecule has 4 nitrogen and oxygen atoms in total. The van der Waals surface area contributed by atoms with Gasteiger partial charge in [-0.3, -0.25) is 4.79 Å². The fourth-order valence-electron chi connectivity index (χ4n) is 2.04. The van der Waals surface area contributed by atoms with Crippen LogP contribution in [0.1, 0.15) is 27.3 Å². The third kappa shape index (κ3) is 2.95. The van der Waals surface area contributed by atoms with Gasteiger partial charge in [-0.25, -0.2) is 4.39 Å². The third-order valence-corrected chi connectivity index (χ3v) is 3.51. The number of hydrogen-bond donors (Lipinski definition) is 0. The molecule has 0 amide bonds. The average Bonchev–Trinajstić information content (AvgIpc) is 2.72. The highest BCUT2D eigenvalue weighted by atomic mass is 19.1. The molecule has 2 rings (SSSR count). The van der Waals surface area contributed by atoms with Crippen molar-refractivity contribution >= 4 is 5.78 Å². The third-order valence-electron chi connectivity index (χ3n) is 3.51. The normalized spacial score (nSPS) is 10.2. The standard InChI is InChI=1S/C16H15FN2O2/c1-10-6-14(11(2)19(10)3)16(20)9-21-13-5-4-12(8-18)15(17)7-13/h4-7H,9H2,1-3H3. The molecule has 0 aliphatic rings. The van der Waals surface area contributed by atoms with Crippen LogP contribution in [0.2, 0.25) is 0 Å². The Labute approximate surface area is 122 Å². The lowest BCUT2D eigenvalue weighted by Gasteiger charge is -2.06. The van der Waals surface area contributed by atoms with Crippen molar-refractivity contribution in [3.63, 3.8) is 0 Å². The number of ketones is 1. The van der Waals surface area contributed by atoms with Crippen molar-refractivity contribution in [2.24, 2.45) is 7.05 Å². The van der Waals surface area contributed by atoms with E-state index in [-0.39, 0.29) is 23.7 Å². The van der Waals surface area contributed by atoms with Crippen molar-refractivity contribution in [1.29, 1.82) is 5.26 Å². The summed E-state index contributed by atoms with van der Waals surface area (Å²) in [4.78, 5) is 12.1. The highest BCUT2D eigenvalue weighted by Gasteiger charge is 2.15. The first-order chi connectivity index (χ1) is 9.93. The molecular weight excluding hydrogens is 271 g/mol. The van der Waals surface area contributed by atoms with Crippen molar-refractivity contribution < 1.29 is 13.9 Å². The van der Waals surface area contributed by atoms with Gasteiger partial charge in [0.15, 0.2) is 6.61 Å². The molecule has 1 heterocycles. The van der Waals surface area contributed by atoms with Gasteiger partial charge < -0.3 is 9.30 Å². The van der Waals surface area contributed by atoms with Crippen LogP contribution in [-0.4, -0.2) is 17.0 Å². The molecular formula is C16H15FN2O2. The summed E-state index contributed by atoms with van der Waals surface area (Å²) in [6.07, 6.45) is 0. The molecule has 0 bridgehead atoms. The molecule has 0 aliphatic carbocycles. The van der Waals surface area contributed by atoms with Crippen LogP contribution >= 0.6 is 0 Å². The lowest BCUT2D eigenvalue weighted by Crippen LogP contribution is -2.12. The lowest BCUT2D eigenvalue weighted by molar-refractivity contribution is 0.0920. The zero-order valence-corrected chi connectivity index (χ0v) is 12.1. The van der Waals surface area contributed by atoms with E-state index in [9.17, 15) is 9.18 Å². The summed E-state index contributed by atoms with van der Waals surface area (Å²) < 4.78 is 20.7. The van der Waals surface area contributed by atoms with Crippen molar-refractivity contribution in [1.82, 2.24) is 4.57 Å². The second kappa shape index (κ2) is 5.80. The molecule has 0 spiro atoms. The molecule has 0 unspecified atom stereocenters. The number of halogens is 1. The van der Waals surface area contributed by atoms with E-state index in [1.54, 1.807) is 12.1 Å². The van der Waals surface area contributed by atoms with Crippen LogP contribution in [0.15, 0.2) is 24.3 Å². The van der Waals surface area contributed by atoms with Gasteiger partial charge >= 0.3 is 0 Å². The largest absolute Gasteiger partial charge is 0.485 e. The summed E-state index contributed by atoms with van der Waals surface area (Å²) in [6, 6.07) is 7.44. The SMILES string of the molecule is Cc1cc(C(=O)COc2ccc(C#N)c(F)c2)c(C)n1C. The number of ether oxygens (including phenoxy) is 1. The maximum Gasteiger partial charge on any atom is 0.202 e. The molecule has 0 N–H and O–H groups in total. The second-order valence-electron chi connectivity index (χ2n) is 4.81. The number of aryl methyl sites for hydroxylation is 1. The number of nitriles is 1. The van der Waals surface area contributed by atoms with Gasteiger partial charge in [-0.15, -0.1) is 0 Å². The van der Waals surface area contributed by atoms with Crippen molar-refractivity contribution in [3.8, 4) is 11.8 Å². The Morgan fingerprint density at radius 2 is 2.10 bits per heavy atom. The molecule has 5 heteroatoms. The van der Waals surface area contributed by atoms with Crippen LogP contribution in [-0.2, 0) is 7.05 Å². The maximum atomic E-state index is 13.4. The van der Waals surface area contributed by atoms with Crippen molar-refractivity contribution in [2.75, 3.05) is 6.61 Å². The Balaban J connectivity index is 2.09. The van der Waals surface area contributed by atoms with Gasteiger partial charge in [0.05, 0.1) is 5.56 Å². The Hall–Kier alpha value is -2.61.